The van der Waals surface area contributed by atoms with Crippen LogP contribution >= 0.6 is 55.1 Å². The van der Waals surface area contributed by atoms with Crippen LogP contribution in [0, 0.1) is 46.8 Å². The molecule has 2 saturated heterocycles. The van der Waals surface area contributed by atoms with Gasteiger partial charge >= 0.3 is 0 Å². The number of imide groups is 2. The summed E-state index contributed by atoms with van der Waals surface area (Å²) >= 11 is 20.8. The van der Waals surface area contributed by atoms with Gasteiger partial charge in [-0.05, 0) is 69.2 Å². The Kier molecular flexibility index (Phi) is 7.85. The van der Waals surface area contributed by atoms with Gasteiger partial charge in [-0.2, -0.15) is 0 Å². The van der Waals surface area contributed by atoms with E-state index in [0.717, 1.165) is 4.90 Å². The first kappa shape index (κ1) is 33.2. The molecule has 2 aromatic rings. The molecule has 4 amide bonds. The fraction of sp³-hybridized carbons (Fsp3) is 0.379. The number of hydrogen-bond donors (Lipinski definition) is 1. The average molecular weight is 817 g/mol. The number of amides is 4. The smallest absolute Gasteiger partial charge is 0.258 e. The number of benzene rings is 2. The van der Waals surface area contributed by atoms with Crippen molar-refractivity contribution in [2.24, 2.45) is 17.8 Å². The van der Waals surface area contributed by atoms with Gasteiger partial charge < -0.3 is 9.84 Å². The van der Waals surface area contributed by atoms with Crippen LogP contribution in [0.2, 0.25) is 0 Å². The van der Waals surface area contributed by atoms with Crippen molar-refractivity contribution in [2.45, 2.75) is 35.4 Å². The first-order valence-electron chi connectivity index (χ1n) is 13.6. The molecule has 17 heteroatoms. The van der Waals surface area contributed by atoms with Crippen molar-refractivity contribution in [2.75, 3.05) is 18.6 Å². The summed E-state index contributed by atoms with van der Waals surface area (Å²) in [6.07, 6.45) is 0.955. The highest BCUT2D eigenvalue weighted by atomic mass is 79.9. The molecule has 3 fully saturated rings. The minimum atomic E-state index is -2.72. The van der Waals surface area contributed by atoms with E-state index in [9.17, 15) is 37.5 Å². The highest BCUT2D eigenvalue weighted by Gasteiger charge is 2.77. The first-order valence-corrected chi connectivity index (χ1v) is 15.9. The molecule has 2 aliphatic heterocycles. The van der Waals surface area contributed by atoms with Crippen molar-refractivity contribution in [3.63, 3.8) is 0 Å². The summed E-state index contributed by atoms with van der Waals surface area (Å²) in [5, 5.41) is 10.6. The number of allylic oxidation sites excluding steroid dienone is 2. The molecule has 2 heterocycles. The molecular formula is C29H19Br2Cl2F5N2O6. The van der Waals surface area contributed by atoms with Crippen LogP contribution in [-0.2, 0) is 19.2 Å². The quantitative estimate of drug-likeness (QED) is 0.0985. The number of nitrogens with zero attached hydrogens (tertiary/aromatic N) is 2. The lowest BCUT2D eigenvalue weighted by Crippen LogP contribution is -2.60. The van der Waals surface area contributed by atoms with Crippen LogP contribution in [0.3, 0.4) is 0 Å². The Bertz CT molecular complexity index is 1820. The third-order valence-corrected chi connectivity index (χ3v) is 12.9. The molecule has 6 rings (SSSR count). The van der Waals surface area contributed by atoms with Crippen LogP contribution in [0.1, 0.15) is 31.2 Å². The molecule has 0 aromatic heterocycles. The van der Waals surface area contributed by atoms with Gasteiger partial charge in [0.05, 0.1) is 23.4 Å². The fourth-order valence-electron chi connectivity index (χ4n) is 7.27. The van der Waals surface area contributed by atoms with Gasteiger partial charge in [-0.15, -0.1) is 23.2 Å². The molecule has 0 spiro atoms. The third kappa shape index (κ3) is 3.94. The Labute approximate surface area is 283 Å². The maximum absolute atomic E-state index is 15.1. The van der Waals surface area contributed by atoms with E-state index in [1.807, 2.05) is 0 Å². The number of phenols is 1. The van der Waals surface area contributed by atoms with Crippen LogP contribution in [0.25, 0.3) is 0 Å². The summed E-state index contributed by atoms with van der Waals surface area (Å²) in [6.45, 7) is 1.64. The Hall–Kier alpha value is -2.75. The average Bonchev–Trinajstić information content (AvgIpc) is 3.36. The maximum atomic E-state index is 15.1. The van der Waals surface area contributed by atoms with E-state index in [4.69, 9.17) is 27.9 Å². The van der Waals surface area contributed by atoms with E-state index >= 15 is 8.78 Å². The van der Waals surface area contributed by atoms with Crippen LogP contribution < -0.4 is 9.64 Å². The number of ether oxygens (including phenoxy) is 1. The normalized spacial score (nSPS) is 30.5. The van der Waals surface area contributed by atoms with Crippen molar-refractivity contribution in [1.82, 2.24) is 4.90 Å². The molecule has 6 atom stereocenters. The fourth-order valence-corrected chi connectivity index (χ4v) is 9.15. The number of fused-ring (bicyclic) bond motifs is 4. The monoisotopic (exact) mass is 814 g/mol. The van der Waals surface area contributed by atoms with E-state index in [1.165, 1.54) is 13.2 Å². The van der Waals surface area contributed by atoms with Gasteiger partial charge in [0.2, 0.25) is 17.6 Å². The maximum Gasteiger partial charge on any atom is 0.258 e. The molecule has 2 aliphatic carbocycles. The van der Waals surface area contributed by atoms with Crippen LogP contribution in [-0.4, -0.2) is 57.0 Å². The molecule has 1 saturated carbocycles. The second-order valence-corrected chi connectivity index (χ2v) is 14.1. The standard InChI is InChI=1S/C29H19Br2Cl2F5N2O6/c1-3-39-24(42)9-5-4-8-11(13(9)25(39)43)7-28(32)26(44)40(22-20(37)18(35)17(34)19(36)21(22)38)27(45)29(28,33)14(8)10-6-12(46-2)23(41)16(31)15(10)30/h4,6,9,11,13-14,41H,3,5,7H2,1-2H3/t9-,11+,13-,14+,28+,29-/m0/s1. The summed E-state index contributed by atoms with van der Waals surface area (Å²) in [6, 6.07) is 1.25. The minimum Gasteiger partial charge on any atom is -0.503 e. The Morgan fingerprint density at radius 2 is 1.52 bits per heavy atom. The zero-order valence-corrected chi connectivity index (χ0v) is 28.1. The largest absolute Gasteiger partial charge is 0.503 e. The molecule has 8 nitrogen and oxygen atoms in total. The van der Waals surface area contributed by atoms with Gasteiger partial charge in [-0.1, -0.05) is 11.6 Å². The number of aromatic hydroxyl groups is 1. The van der Waals surface area contributed by atoms with Gasteiger partial charge in [-0.3, -0.25) is 24.1 Å². The second kappa shape index (κ2) is 10.9. The predicted octanol–water partition coefficient (Wildman–Crippen LogP) is 6.20. The van der Waals surface area contributed by atoms with Gasteiger partial charge in [0.15, 0.2) is 44.5 Å². The summed E-state index contributed by atoms with van der Waals surface area (Å²) < 4.78 is 78.3. The number of phenolic OH excluding ortho intramolecular Hbond substituents is 1. The zero-order valence-electron chi connectivity index (χ0n) is 23.4. The zero-order chi connectivity index (χ0) is 33.9. The number of alkyl halides is 2. The lowest BCUT2D eigenvalue weighted by molar-refractivity contribution is -0.140. The summed E-state index contributed by atoms with van der Waals surface area (Å²) in [7, 11) is 1.22. The Morgan fingerprint density at radius 3 is 2.09 bits per heavy atom. The van der Waals surface area contributed by atoms with Crippen LogP contribution in [0.15, 0.2) is 26.7 Å². The molecule has 46 heavy (non-hydrogen) atoms. The van der Waals surface area contributed by atoms with E-state index in [0.29, 0.717) is 0 Å². The van der Waals surface area contributed by atoms with Gasteiger partial charge in [0.1, 0.15) is 5.69 Å². The number of rotatable bonds is 4. The van der Waals surface area contributed by atoms with E-state index in [-0.39, 0.29) is 43.7 Å². The Balaban J connectivity index is 1.66. The van der Waals surface area contributed by atoms with Crippen LogP contribution in [0.5, 0.6) is 11.5 Å². The molecule has 0 radical (unpaired) electrons. The summed E-state index contributed by atoms with van der Waals surface area (Å²) in [4.78, 5) is 50.7. The van der Waals surface area contributed by atoms with Crippen molar-refractivity contribution in [1.29, 1.82) is 0 Å². The van der Waals surface area contributed by atoms with E-state index < -0.39 is 104 Å². The molecule has 0 unspecified atom stereocenters. The van der Waals surface area contributed by atoms with Crippen molar-refractivity contribution in [3.8, 4) is 11.5 Å². The SMILES string of the molecule is CCN1C(=O)[C@H]2[C@H](CC=C3[C@H]2C[C@@]2(Cl)C(=O)N(c4c(F)c(F)c(F)c(F)c4F)C(=O)[C@@]2(Cl)[C@H]3c2cc(OC)c(O)c(Br)c2Br)C1=O. The third-order valence-electron chi connectivity index (χ3n) is 9.33. The number of methoxy groups -OCH3 is 1. The topological polar surface area (TPSA) is 104 Å². The predicted molar refractivity (Wildman–Crippen MR) is 159 cm³/mol. The molecule has 2 aromatic carbocycles. The number of carbonyl (C=O) groups excluding carboxylic acids is 4. The first-order chi connectivity index (χ1) is 21.5. The highest BCUT2D eigenvalue weighted by molar-refractivity contribution is 9.13. The molecule has 0 bridgehead atoms. The van der Waals surface area contributed by atoms with Crippen molar-refractivity contribution >= 4 is 84.4 Å². The summed E-state index contributed by atoms with van der Waals surface area (Å²) in [5.74, 6) is -21.7. The second-order valence-electron chi connectivity index (χ2n) is 11.3. The number of hydrogen-bond acceptors (Lipinski definition) is 6. The highest BCUT2D eigenvalue weighted by Crippen LogP contribution is 2.67. The van der Waals surface area contributed by atoms with E-state index in [1.54, 1.807) is 13.0 Å². The van der Waals surface area contributed by atoms with Crippen molar-refractivity contribution < 1.29 is 51.0 Å². The van der Waals surface area contributed by atoms with Crippen molar-refractivity contribution in [3.05, 3.63) is 61.3 Å². The van der Waals surface area contributed by atoms with Gasteiger partial charge in [0.25, 0.3) is 11.8 Å². The summed E-state index contributed by atoms with van der Waals surface area (Å²) in [5.41, 5.74) is -1.57. The van der Waals surface area contributed by atoms with E-state index in [2.05, 4.69) is 31.9 Å². The minimum absolute atomic E-state index is 0.00336. The van der Waals surface area contributed by atoms with Gasteiger partial charge in [-0.25, -0.2) is 26.9 Å². The van der Waals surface area contributed by atoms with Gasteiger partial charge in [0, 0.05) is 16.9 Å². The number of halogens is 9. The Morgan fingerprint density at radius 1 is 0.935 bits per heavy atom. The van der Waals surface area contributed by atoms with Crippen LogP contribution in [0.4, 0.5) is 27.6 Å². The number of anilines is 1. The lowest BCUT2D eigenvalue weighted by Gasteiger charge is -2.51. The molecule has 4 aliphatic rings. The molecular weight excluding hydrogens is 798 g/mol. The lowest BCUT2D eigenvalue weighted by atomic mass is 9.56. The molecule has 1 N–H and O–H groups in total. The molecule has 244 valence electrons. The number of carbonyl (C=O) groups is 4. The number of likely N-dealkylation sites (tertiary alicyclic amines) is 1.